The van der Waals surface area contributed by atoms with E-state index in [0.29, 0.717) is 11.1 Å². The second kappa shape index (κ2) is 8.41. The van der Waals surface area contributed by atoms with Crippen LogP contribution in [0.5, 0.6) is 0 Å². The molecule has 0 radical (unpaired) electrons. The van der Waals surface area contributed by atoms with Gasteiger partial charge in [-0.2, -0.15) is 36.4 Å². The van der Waals surface area contributed by atoms with E-state index < -0.39 is 10.1 Å². The molecule has 5 heteroatoms. The van der Waals surface area contributed by atoms with Crippen LogP contribution in [0, 0.1) is 26.8 Å². The Balaban J connectivity index is 0.000000434. The van der Waals surface area contributed by atoms with Gasteiger partial charge in [0, 0.05) is 0 Å². The fourth-order valence-electron chi connectivity index (χ4n) is 1.90. The molecule has 0 amide bonds. The molecule has 0 N–H and O–H groups in total. The van der Waals surface area contributed by atoms with Crippen LogP contribution in [0.15, 0.2) is 47.4 Å². The summed E-state index contributed by atoms with van der Waals surface area (Å²) in [5.74, 6) is 0. The molecule has 0 aliphatic rings. The van der Waals surface area contributed by atoms with Gasteiger partial charge in [0.25, 0.3) is 0 Å². The first-order chi connectivity index (χ1) is 8.82. The Morgan fingerprint density at radius 2 is 1.40 bits per heavy atom. The summed E-state index contributed by atoms with van der Waals surface area (Å²) in [6, 6.07) is 15.9. The minimum Gasteiger partial charge on any atom is -0.744 e. The van der Waals surface area contributed by atoms with Gasteiger partial charge >= 0.3 is 23.1 Å². The van der Waals surface area contributed by atoms with E-state index >= 15 is 0 Å². The fourth-order valence-corrected chi connectivity index (χ4v) is 2.81. The van der Waals surface area contributed by atoms with Gasteiger partial charge in [0.1, 0.15) is 10.1 Å². The maximum absolute atomic E-state index is 10.8. The van der Waals surface area contributed by atoms with Gasteiger partial charge in [-0.25, -0.2) is 8.42 Å². The molecule has 2 aromatic rings. The SMILES string of the molecule is Cc1cc(C)c(S(=O)(=O)[O-])c(C)c1.[Mg+2].[c-]1ccccc1. The standard InChI is InChI=1S/C9H12O3S.C6H5.Mg/c1-6-4-7(2)9(8(3)5-6)13(10,11)12;1-2-4-6-5-3-1;/h4-5H,1-3H3,(H,10,11,12);1-5H;/q;-1;+2/p-1. The summed E-state index contributed by atoms with van der Waals surface area (Å²) in [6.07, 6.45) is 0. The van der Waals surface area contributed by atoms with Gasteiger partial charge in [-0.05, 0) is 31.9 Å². The van der Waals surface area contributed by atoms with Crippen LogP contribution in [0.2, 0.25) is 0 Å². The van der Waals surface area contributed by atoms with Crippen molar-refractivity contribution < 1.29 is 13.0 Å². The Kier molecular flexibility index (Phi) is 8.04. The number of aryl methyl sites for hydroxylation is 3. The van der Waals surface area contributed by atoms with Crippen molar-refractivity contribution in [3.05, 3.63) is 65.2 Å². The summed E-state index contributed by atoms with van der Waals surface area (Å²) < 4.78 is 32.5. The molecular formula is C15H16MgO3S. The Morgan fingerprint density at radius 1 is 0.950 bits per heavy atom. The van der Waals surface area contributed by atoms with Crippen molar-refractivity contribution in [1.29, 1.82) is 0 Å². The molecule has 2 rings (SSSR count). The molecule has 0 saturated carbocycles. The zero-order chi connectivity index (χ0) is 14.5. The smallest absolute Gasteiger partial charge is 0.744 e. The average molecular weight is 301 g/mol. The first kappa shape index (κ1) is 19.1. The van der Waals surface area contributed by atoms with Crippen molar-refractivity contribution in [2.45, 2.75) is 25.7 Å². The number of rotatable bonds is 1. The summed E-state index contributed by atoms with van der Waals surface area (Å²) in [5, 5.41) is 0. The van der Waals surface area contributed by atoms with Crippen molar-refractivity contribution in [2.24, 2.45) is 0 Å². The summed E-state index contributed by atoms with van der Waals surface area (Å²) in [5.41, 5.74) is 2.00. The molecule has 0 spiro atoms. The van der Waals surface area contributed by atoms with Crippen LogP contribution in [0.25, 0.3) is 0 Å². The van der Waals surface area contributed by atoms with E-state index in [1.807, 2.05) is 37.3 Å². The van der Waals surface area contributed by atoms with E-state index in [1.165, 1.54) is 0 Å². The van der Waals surface area contributed by atoms with Gasteiger partial charge in [0.05, 0.1) is 4.90 Å². The van der Waals surface area contributed by atoms with Crippen LogP contribution in [0.4, 0.5) is 0 Å². The summed E-state index contributed by atoms with van der Waals surface area (Å²) in [7, 11) is -4.33. The molecule has 0 bridgehead atoms. The maximum Gasteiger partial charge on any atom is 2.00 e. The Hall–Kier alpha value is -0.884. The van der Waals surface area contributed by atoms with E-state index in [4.69, 9.17) is 0 Å². The van der Waals surface area contributed by atoms with Gasteiger partial charge < -0.3 is 4.55 Å². The first-order valence-electron chi connectivity index (χ1n) is 5.77. The van der Waals surface area contributed by atoms with E-state index in [1.54, 1.807) is 26.0 Å². The summed E-state index contributed by atoms with van der Waals surface area (Å²) >= 11 is 0. The molecule has 0 unspecified atom stereocenters. The normalized spacial score (nSPS) is 10.0. The number of hydrogen-bond donors (Lipinski definition) is 0. The molecule has 0 saturated heterocycles. The zero-order valence-electron chi connectivity index (χ0n) is 11.9. The quantitative estimate of drug-likeness (QED) is 0.462. The van der Waals surface area contributed by atoms with E-state index in [9.17, 15) is 13.0 Å². The summed E-state index contributed by atoms with van der Waals surface area (Å²) in [4.78, 5) is -0.0851. The fraction of sp³-hybridized carbons (Fsp3) is 0.200. The summed E-state index contributed by atoms with van der Waals surface area (Å²) in [6.45, 7) is 5.12. The predicted molar refractivity (Wildman–Crippen MR) is 79.6 cm³/mol. The molecule has 0 atom stereocenters. The van der Waals surface area contributed by atoms with Crippen molar-refractivity contribution in [1.82, 2.24) is 0 Å². The third kappa shape index (κ3) is 6.05. The molecule has 0 heterocycles. The number of hydrogen-bond acceptors (Lipinski definition) is 3. The largest absolute Gasteiger partial charge is 2.00 e. The van der Waals surface area contributed by atoms with Crippen LogP contribution in [-0.2, 0) is 10.1 Å². The molecule has 3 nitrogen and oxygen atoms in total. The van der Waals surface area contributed by atoms with Gasteiger partial charge in [0.2, 0.25) is 0 Å². The average Bonchev–Trinajstić information content (AvgIpc) is 2.28. The van der Waals surface area contributed by atoms with Crippen molar-refractivity contribution in [2.75, 3.05) is 0 Å². The molecule has 0 aliphatic heterocycles. The van der Waals surface area contributed by atoms with E-state index in [-0.39, 0.29) is 27.9 Å². The molecule has 2 aromatic carbocycles. The third-order valence-corrected chi connectivity index (χ3v) is 3.61. The van der Waals surface area contributed by atoms with Crippen LogP contribution < -0.4 is 0 Å². The Bertz CT molecular complexity index is 588. The van der Waals surface area contributed by atoms with Crippen molar-refractivity contribution in [3.8, 4) is 0 Å². The number of benzene rings is 2. The molecular weight excluding hydrogens is 285 g/mol. The van der Waals surface area contributed by atoms with Crippen LogP contribution in [0.3, 0.4) is 0 Å². The predicted octanol–water partition coefficient (Wildman–Crippen LogP) is 2.62. The van der Waals surface area contributed by atoms with Gasteiger partial charge in [-0.3, -0.25) is 0 Å². The molecule has 0 fully saturated rings. The van der Waals surface area contributed by atoms with Crippen LogP contribution in [0.1, 0.15) is 16.7 Å². The molecule has 20 heavy (non-hydrogen) atoms. The second-order valence-electron chi connectivity index (χ2n) is 4.26. The third-order valence-electron chi connectivity index (χ3n) is 2.46. The zero-order valence-corrected chi connectivity index (χ0v) is 14.1. The Labute approximate surface area is 136 Å². The topological polar surface area (TPSA) is 57.2 Å². The van der Waals surface area contributed by atoms with E-state index in [2.05, 4.69) is 6.07 Å². The van der Waals surface area contributed by atoms with Gasteiger partial charge in [0.15, 0.2) is 0 Å². The molecule has 0 aromatic heterocycles. The Morgan fingerprint density at radius 3 is 1.65 bits per heavy atom. The molecule has 0 aliphatic carbocycles. The minimum absolute atomic E-state index is 0. The minimum atomic E-state index is -4.33. The van der Waals surface area contributed by atoms with Crippen LogP contribution >= 0.6 is 0 Å². The van der Waals surface area contributed by atoms with Gasteiger partial charge in [-0.1, -0.05) is 17.7 Å². The second-order valence-corrected chi connectivity index (χ2v) is 5.58. The first-order valence-corrected chi connectivity index (χ1v) is 7.18. The van der Waals surface area contributed by atoms with E-state index in [0.717, 1.165) is 5.56 Å². The monoisotopic (exact) mass is 300 g/mol. The van der Waals surface area contributed by atoms with Crippen molar-refractivity contribution in [3.63, 3.8) is 0 Å². The maximum atomic E-state index is 10.8. The molecule has 102 valence electrons. The van der Waals surface area contributed by atoms with Gasteiger partial charge in [-0.15, -0.1) is 0 Å². The van der Waals surface area contributed by atoms with Crippen LogP contribution in [-0.4, -0.2) is 36.0 Å². The van der Waals surface area contributed by atoms with Crippen molar-refractivity contribution >= 4 is 33.2 Å².